The van der Waals surface area contributed by atoms with Gasteiger partial charge < -0.3 is 18.8 Å². The normalized spacial score (nSPS) is 23.1. The Labute approximate surface area is 166 Å². The molecule has 1 fully saturated rings. The van der Waals surface area contributed by atoms with Crippen molar-refractivity contribution >= 4 is 10.1 Å². The van der Waals surface area contributed by atoms with Crippen LogP contribution in [-0.4, -0.2) is 50.4 Å². The van der Waals surface area contributed by atoms with Crippen molar-refractivity contribution < 1.29 is 27.2 Å². The fraction of sp³-hybridized carbons (Fsp3) is 1.00. The van der Waals surface area contributed by atoms with Crippen molar-refractivity contribution in [1.82, 2.24) is 0 Å². The van der Waals surface area contributed by atoms with E-state index in [0.717, 1.165) is 12.8 Å². The Morgan fingerprint density at radius 2 is 1.63 bits per heavy atom. The third kappa shape index (κ3) is 13.6. The molecule has 7 heteroatoms. The van der Waals surface area contributed by atoms with Gasteiger partial charge in [-0.2, -0.15) is 0 Å². The summed E-state index contributed by atoms with van der Waals surface area (Å²) in [5.74, 6) is -0.831. The first kappa shape index (κ1) is 24.8. The van der Waals surface area contributed by atoms with E-state index in [1.165, 1.54) is 51.4 Å². The highest BCUT2D eigenvalue weighted by atomic mass is 32.2. The first-order valence-electron chi connectivity index (χ1n) is 10.7. The van der Waals surface area contributed by atoms with Crippen molar-refractivity contribution in [2.24, 2.45) is 0 Å². The van der Waals surface area contributed by atoms with E-state index < -0.39 is 15.9 Å². The zero-order valence-corrected chi connectivity index (χ0v) is 18.1. The summed E-state index contributed by atoms with van der Waals surface area (Å²) in [6.45, 7) is 5.65. The van der Waals surface area contributed by atoms with Crippen LogP contribution in [0, 0.1) is 0 Å². The van der Waals surface area contributed by atoms with Crippen molar-refractivity contribution in [1.29, 1.82) is 0 Å². The maximum absolute atomic E-state index is 10.5. The molecule has 0 radical (unpaired) electrons. The largest absolute Gasteiger partial charge is 0.748 e. The van der Waals surface area contributed by atoms with Gasteiger partial charge >= 0.3 is 0 Å². The van der Waals surface area contributed by atoms with Gasteiger partial charge in [-0.3, -0.25) is 0 Å². The van der Waals surface area contributed by atoms with Gasteiger partial charge in [0.2, 0.25) is 0 Å². The molecule has 27 heavy (non-hydrogen) atoms. The zero-order chi connectivity index (χ0) is 20.0. The predicted octanol–water partition coefficient (Wildman–Crippen LogP) is 4.38. The average Bonchev–Trinajstić information content (AvgIpc) is 2.97. The molecule has 1 aliphatic rings. The molecule has 0 aromatic carbocycles. The number of unbranched alkanes of at least 4 members (excludes halogenated alkanes) is 9. The minimum absolute atomic E-state index is 0.0724. The van der Waals surface area contributed by atoms with Crippen LogP contribution in [0.15, 0.2) is 0 Å². The molecule has 1 heterocycles. The highest BCUT2D eigenvalue weighted by molar-refractivity contribution is 7.85. The summed E-state index contributed by atoms with van der Waals surface area (Å²) in [5.41, 5.74) is 0. The number of hydrogen-bond acceptors (Lipinski definition) is 6. The Kier molecular flexibility index (Phi) is 12.8. The van der Waals surface area contributed by atoms with Crippen LogP contribution in [0.1, 0.15) is 90.9 Å². The van der Waals surface area contributed by atoms with Gasteiger partial charge in [0.15, 0.2) is 5.79 Å². The topological polar surface area (TPSA) is 84.9 Å². The Hall–Kier alpha value is -0.210. The second kappa shape index (κ2) is 13.9. The molecule has 0 bridgehead atoms. The molecule has 1 rings (SSSR count). The summed E-state index contributed by atoms with van der Waals surface area (Å²) in [6.07, 6.45) is 13.4. The molecule has 162 valence electrons. The first-order chi connectivity index (χ1) is 12.8. The lowest BCUT2D eigenvalue weighted by Gasteiger charge is -2.23. The van der Waals surface area contributed by atoms with E-state index >= 15 is 0 Å². The second-order valence-corrected chi connectivity index (χ2v) is 9.33. The standard InChI is InChI=1S/C20H40O6S/c1-3-4-5-6-7-8-9-10-11-14-20(2)25-18-19(26-20)17-24-15-12-13-16-27(21,22)23/h19H,3-18H2,1-2H3,(H,21,22,23)/p-1. The Balaban J connectivity index is 1.98. The molecule has 1 saturated heterocycles. The van der Waals surface area contributed by atoms with Gasteiger partial charge in [-0.1, -0.05) is 58.3 Å². The molecule has 6 nitrogen and oxygen atoms in total. The summed E-state index contributed by atoms with van der Waals surface area (Å²) < 4.78 is 48.9. The monoisotopic (exact) mass is 407 g/mol. The Morgan fingerprint density at radius 1 is 1.00 bits per heavy atom. The van der Waals surface area contributed by atoms with Crippen molar-refractivity contribution in [3.8, 4) is 0 Å². The van der Waals surface area contributed by atoms with Crippen LogP contribution in [0.25, 0.3) is 0 Å². The summed E-state index contributed by atoms with van der Waals surface area (Å²) in [5, 5.41) is 0. The average molecular weight is 408 g/mol. The molecule has 0 spiro atoms. The van der Waals surface area contributed by atoms with Crippen LogP contribution in [0.4, 0.5) is 0 Å². The van der Waals surface area contributed by atoms with Gasteiger partial charge in [0, 0.05) is 18.8 Å². The molecule has 2 atom stereocenters. The smallest absolute Gasteiger partial charge is 0.166 e. The third-order valence-corrected chi connectivity index (χ3v) is 5.75. The summed E-state index contributed by atoms with van der Waals surface area (Å²) in [6, 6.07) is 0. The second-order valence-electron chi connectivity index (χ2n) is 7.81. The van der Waals surface area contributed by atoms with Gasteiger partial charge in [-0.05, 0) is 26.2 Å². The van der Waals surface area contributed by atoms with E-state index in [1.807, 2.05) is 6.92 Å². The fourth-order valence-corrected chi connectivity index (χ4v) is 3.92. The Morgan fingerprint density at radius 3 is 2.26 bits per heavy atom. The lowest BCUT2D eigenvalue weighted by Crippen LogP contribution is -2.28. The van der Waals surface area contributed by atoms with E-state index in [9.17, 15) is 13.0 Å². The van der Waals surface area contributed by atoms with Crippen LogP contribution >= 0.6 is 0 Å². The summed E-state index contributed by atoms with van der Waals surface area (Å²) in [7, 11) is -4.11. The lowest BCUT2D eigenvalue weighted by atomic mass is 10.0. The highest BCUT2D eigenvalue weighted by Gasteiger charge is 2.36. The van der Waals surface area contributed by atoms with Gasteiger partial charge in [0.05, 0.1) is 23.3 Å². The minimum atomic E-state index is -4.11. The van der Waals surface area contributed by atoms with E-state index in [0.29, 0.717) is 32.7 Å². The third-order valence-electron chi connectivity index (χ3n) is 4.96. The minimum Gasteiger partial charge on any atom is -0.748 e. The van der Waals surface area contributed by atoms with Crippen LogP contribution in [0.3, 0.4) is 0 Å². The van der Waals surface area contributed by atoms with Crippen molar-refractivity contribution in [2.75, 3.05) is 25.6 Å². The molecule has 0 aromatic heterocycles. The van der Waals surface area contributed by atoms with Crippen molar-refractivity contribution in [2.45, 2.75) is 103 Å². The molecule has 0 N–H and O–H groups in total. The first-order valence-corrected chi connectivity index (χ1v) is 12.3. The van der Waals surface area contributed by atoms with Gasteiger partial charge in [-0.25, -0.2) is 8.42 Å². The molecule has 1 aliphatic heterocycles. The maximum Gasteiger partial charge on any atom is 0.166 e. The van der Waals surface area contributed by atoms with Gasteiger partial charge in [0.1, 0.15) is 6.10 Å². The fourth-order valence-electron chi connectivity index (χ4n) is 3.36. The summed E-state index contributed by atoms with van der Waals surface area (Å²) in [4.78, 5) is 0. The number of rotatable bonds is 17. The summed E-state index contributed by atoms with van der Waals surface area (Å²) >= 11 is 0. The van der Waals surface area contributed by atoms with Gasteiger partial charge in [-0.15, -0.1) is 0 Å². The number of hydrogen-bond donors (Lipinski definition) is 0. The highest BCUT2D eigenvalue weighted by Crippen LogP contribution is 2.29. The molecule has 0 saturated carbocycles. The molecular formula is C20H39O6S-. The van der Waals surface area contributed by atoms with E-state index in [-0.39, 0.29) is 11.9 Å². The van der Waals surface area contributed by atoms with E-state index in [2.05, 4.69) is 6.92 Å². The van der Waals surface area contributed by atoms with Crippen LogP contribution in [-0.2, 0) is 24.3 Å². The van der Waals surface area contributed by atoms with Crippen molar-refractivity contribution in [3.05, 3.63) is 0 Å². The predicted molar refractivity (Wildman–Crippen MR) is 106 cm³/mol. The molecule has 0 aliphatic carbocycles. The van der Waals surface area contributed by atoms with Gasteiger partial charge in [0.25, 0.3) is 0 Å². The Bertz CT molecular complexity index is 467. The number of ether oxygens (including phenoxy) is 3. The SMILES string of the molecule is CCCCCCCCCCCC1(C)OCC(COCCCCS(=O)(=O)[O-])O1. The van der Waals surface area contributed by atoms with E-state index in [4.69, 9.17) is 14.2 Å². The van der Waals surface area contributed by atoms with Crippen LogP contribution in [0.2, 0.25) is 0 Å². The molecule has 0 aromatic rings. The molecule has 2 unspecified atom stereocenters. The maximum atomic E-state index is 10.5. The zero-order valence-electron chi connectivity index (χ0n) is 17.2. The van der Waals surface area contributed by atoms with Crippen LogP contribution < -0.4 is 0 Å². The molecule has 0 amide bonds. The molecular weight excluding hydrogens is 368 g/mol. The van der Waals surface area contributed by atoms with Crippen molar-refractivity contribution in [3.63, 3.8) is 0 Å². The van der Waals surface area contributed by atoms with Crippen LogP contribution in [0.5, 0.6) is 0 Å². The lowest BCUT2D eigenvalue weighted by molar-refractivity contribution is -0.164. The quantitative estimate of drug-likeness (QED) is 0.263. The van der Waals surface area contributed by atoms with E-state index in [1.54, 1.807) is 0 Å².